The zero-order valence-electron chi connectivity index (χ0n) is 19.5. The number of hydrogen-bond acceptors (Lipinski definition) is 6. The van der Waals surface area contributed by atoms with Gasteiger partial charge in [-0.3, -0.25) is 0 Å². The van der Waals surface area contributed by atoms with E-state index in [9.17, 15) is 13.3 Å². The Labute approximate surface area is 203 Å². The van der Waals surface area contributed by atoms with Gasteiger partial charge in [0.2, 0.25) is 10.0 Å². The average Bonchev–Trinajstić information content (AvgIpc) is 3.22. The molecule has 184 valence electrons. The first-order valence-corrected chi connectivity index (χ1v) is 13.1. The second-order valence-corrected chi connectivity index (χ2v) is 10.1. The highest BCUT2D eigenvalue weighted by Gasteiger charge is 2.20. The van der Waals surface area contributed by atoms with Crippen molar-refractivity contribution in [3.05, 3.63) is 59.3 Å². The summed E-state index contributed by atoms with van der Waals surface area (Å²) < 4.78 is 29.9. The van der Waals surface area contributed by atoms with Gasteiger partial charge in [-0.15, -0.1) is 0 Å². The molecule has 4 rings (SSSR count). The number of fused-ring (bicyclic) bond motifs is 3. The molecule has 0 fully saturated rings. The van der Waals surface area contributed by atoms with Gasteiger partial charge in [-0.25, -0.2) is 28.3 Å². The van der Waals surface area contributed by atoms with Gasteiger partial charge in [-0.05, 0) is 31.4 Å². The van der Waals surface area contributed by atoms with Crippen LogP contribution in [-0.4, -0.2) is 39.6 Å². The Kier molecular flexibility index (Phi) is 7.27. The van der Waals surface area contributed by atoms with Crippen molar-refractivity contribution < 1.29 is 18.5 Å². The summed E-state index contributed by atoms with van der Waals surface area (Å²) in [5, 5.41) is 10.0. The molecule has 0 spiro atoms. The molecule has 2 heterocycles. The fourth-order valence-electron chi connectivity index (χ4n) is 4.13. The fourth-order valence-corrected chi connectivity index (χ4v) is 5.24. The number of nitrogens with zero attached hydrogens (tertiary/aromatic N) is 4. The van der Waals surface area contributed by atoms with Gasteiger partial charge in [0.25, 0.3) is 4.92 Å². The highest BCUT2D eigenvalue weighted by atomic mass is 32.2. The minimum Gasteiger partial charge on any atom is -0.382 e. The van der Waals surface area contributed by atoms with Gasteiger partial charge in [0.05, 0.1) is 20.8 Å². The summed E-state index contributed by atoms with van der Waals surface area (Å²) in [6, 6.07) is 13.1. The van der Waals surface area contributed by atoms with E-state index in [-0.39, 0.29) is 22.1 Å². The third kappa shape index (κ3) is 5.25. The van der Waals surface area contributed by atoms with E-state index in [0.29, 0.717) is 30.7 Å². The third-order valence-electron chi connectivity index (χ3n) is 5.89. The molecule has 11 heteroatoms. The Hall–Kier alpha value is -3.57. The number of pyridine rings is 1. The van der Waals surface area contributed by atoms with Gasteiger partial charge < -0.3 is 10.3 Å². The Morgan fingerprint density at radius 2 is 1.89 bits per heavy atom. The van der Waals surface area contributed by atoms with Crippen LogP contribution >= 0.6 is 0 Å². The van der Waals surface area contributed by atoms with Crippen LogP contribution in [0.25, 0.3) is 21.9 Å². The van der Waals surface area contributed by atoms with Crippen LogP contribution in [0.3, 0.4) is 0 Å². The zero-order chi connectivity index (χ0) is 25.0. The molecular weight excluding hydrogens is 468 g/mol. The van der Waals surface area contributed by atoms with Crippen LogP contribution in [0, 0.1) is 4.91 Å². The van der Waals surface area contributed by atoms with Crippen molar-refractivity contribution in [1.82, 2.24) is 19.3 Å². The largest absolute Gasteiger partial charge is 0.382 e. The van der Waals surface area contributed by atoms with Crippen LogP contribution in [0.1, 0.15) is 38.4 Å². The summed E-state index contributed by atoms with van der Waals surface area (Å²) in [5.74, 6) is 1.36. The molecule has 0 saturated carbocycles. The van der Waals surface area contributed by atoms with Crippen LogP contribution < -0.4 is 10.5 Å². The van der Waals surface area contributed by atoms with Gasteiger partial charge in [-0.1, -0.05) is 37.6 Å². The lowest BCUT2D eigenvalue weighted by Crippen LogP contribution is -2.25. The number of anilines is 1. The summed E-state index contributed by atoms with van der Waals surface area (Å²) in [7, 11) is -3.81. The smallest absolute Gasteiger partial charge is 0.317 e. The second-order valence-electron chi connectivity index (χ2n) is 8.37. The molecule has 0 bridgehead atoms. The van der Waals surface area contributed by atoms with Crippen molar-refractivity contribution in [3.63, 3.8) is 0 Å². The quantitative estimate of drug-likeness (QED) is 0.209. The highest BCUT2D eigenvalue weighted by molar-refractivity contribution is 7.89. The molecule has 35 heavy (non-hydrogen) atoms. The van der Waals surface area contributed by atoms with Crippen LogP contribution in [0.4, 0.5) is 11.5 Å². The Morgan fingerprint density at radius 1 is 1.09 bits per heavy atom. The fraction of sp³-hybridized carbons (Fsp3) is 0.333. The lowest BCUT2D eigenvalue weighted by molar-refractivity contribution is -0.729. The van der Waals surface area contributed by atoms with Crippen LogP contribution in [-0.2, 0) is 23.0 Å². The standard InChI is InChI=1S/C24H29N6O4S/c1-2-3-13-21-28-22-23(19-11-4-5-12-20(19)27-24(22)25)29(21)15-7-6-14-26-35(33,34)18-10-8-9-17(16-18)30(31)32/h4-5,8-12,16,26H,2-3,6-7,13-15H2,1H3,(H2,25,27)(H,31,32)/q+1. The van der Waals surface area contributed by atoms with Gasteiger partial charge in [0, 0.05) is 37.0 Å². The molecule has 0 radical (unpaired) electrons. The van der Waals surface area contributed by atoms with E-state index < -0.39 is 10.0 Å². The topological polar surface area (TPSA) is 143 Å². The lowest BCUT2D eigenvalue weighted by atomic mass is 10.2. The number of nitrogens with one attached hydrogen (secondary N) is 1. The van der Waals surface area contributed by atoms with E-state index in [1.807, 2.05) is 24.3 Å². The van der Waals surface area contributed by atoms with E-state index in [1.54, 1.807) is 0 Å². The number of imidazole rings is 1. The number of unbranched alkanes of at least 4 members (excludes halogenated alkanes) is 2. The van der Waals surface area contributed by atoms with Crippen molar-refractivity contribution in [2.75, 3.05) is 12.3 Å². The van der Waals surface area contributed by atoms with Gasteiger partial charge in [0.1, 0.15) is 11.3 Å². The van der Waals surface area contributed by atoms with Crippen LogP contribution in [0.2, 0.25) is 0 Å². The van der Waals surface area contributed by atoms with E-state index >= 15 is 0 Å². The second kappa shape index (κ2) is 10.4. The summed E-state index contributed by atoms with van der Waals surface area (Å²) in [4.78, 5) is 19.9. The predicted octanol–water partition coefficient (Wildman–Crippen LogP) is 4.07. The summed E-state index contributed by atoms with van der Waals surface area (Å²) in [6.45, 7) is 3.03. The third-order valence-corrected chi connectivity index (χ3v) is 7.35. The first-order valence-electron chi connectivity index (χ1n) is 11.6. The molecular formula is C24H29N6O4S+. The molecule has 2 aromatic heterocycles. The van der Waals surface area contributed by atoms with Crippen molar-refractivity contribution in [2.24, 2.45) is 0 Å². The number of hydrogen-bond donors (Lipinski definition) is 3. The molecule has 2 aromatic carbocycles. The lowest BCUT2D eigenvalue weighted by Gasteiger charge is -2.11. The molecule has 0 aliphatic carbocycles. The molecule has 0 atom stereocenters. The predicted molar refractivity (Wildman–Crippen MR) is 134 cm³/mol. The maximum absolute atomic E-state index is 12.6. The molecule has 0 saturated heterocycles. The number of para-hydroxylation sites is 1. The van der Waals surface area contributed by atoms with E-state index in [4.69, 9.17) is 15.9 Å². The number of nitrogen functional groups attached to an aromatic ring is 1. The molecule has 4 aromatic rings. The molecule has 0 aliphatic heterocycles. The number of aromatic nitrogens is 3. The van der Waals surface area contributed by atoms with E-state index in [2.05, 4.69) is 21.2 Å². The minimum absolute atomic E-state index is 0.0817. The molecule has 0 amide bonds. The first-order chi connectivity index (χ1) is 16.8. The van der Waals surface area contributed by atoms with Crippen molar-refractivity contribution in [3.8, 4) is 0 Å². The van der Waals surface area contributed by atoms with Gasteiger partial charge >= 0.3 is 5.69 Å². The molecule has 0 aliphatic rings. The Morgan fingerprint density at radius 3 is 2.66 bits per heavy atom. The van der Waals surface area contributed by atoms with Gasteiger partial charge in [-0.2, -0.15) is 0 Å². The van der Waals surface area contributed by atoms with Crippen molar-refractivity contribution in [2.45, 2.75) is 50.5 Å². The minimum atomic E-state index is -3.81. The Bertz CT molecular complexity index is 1480. The van der Waals surface area contributed by atoms with E-state index in [0.717, 1.165) is 47.6 Å². The van der Waals surface area contributed by atoms with Crippen molar-refractivity contribution in [1.29, 1.82) is 0 Å². The van der Waals surface area contributed by atoms with Crippen LogP contribution in [0.5, 0.6) is 0 Å². The molecule has 0 unspecified atom stereocenters. The number of rotatable bonds is 11. The molecule has 10 nitrogen and oxygen atoms in total. The summed E-state index contributed by atoms with van der Waals surface area (Å²) in [6.07, 6.45) is 4.18. The SMILES string of the molecule is CCCCc1nc2c(N)nc3ccccc3c2n1CCCCNS(=O)(=O)c1cccc([N+](=O)O)c1. The van der Waals surface area contributed by atoms with E-state index in [1.165, 1.54) is 18.2 Å². The normalized spacial score (nSPS) is 11.9. The zero-order valence-corrected chi connectivity index (χ0v) is 20.3. The van der Waals surface area contributed by atoms with Crippen molar-refractivity contribution >= 4 is 43.5 Å². The van der Waals surface area contributed by atoms with Gasteiger partial charge in [0.15, 0.2) is 5.82 Å². The first kappa shape index (κ1) is 24.6. The molecule has 4 N–H and O–H groups in total. The maximum atomic E-state index is 12.6. The Balaban J connectivity index is 1.50. The monoisotopic (exact) mass is 497 g/mol. The number of nitrogens with two attached hydrogens (primary N) is 1. The average molecular weight is 498 g/mol. The summed E-state index contributed by atoms with van der Waals surface area (Å²) >= 11 is 0. The number of aryl methyl sites for hydroxylation is 2. The maximum Gasteiger partial charge on any atom is 0.317 e. The number of sulfonamides is 1. The highest BCUT2D eigenvalue weighted by Crippen LogP contribution is 2.29. The number of benzene rings is 2. The summed E-state index contributed by atoms with van der Waals surface area (Å²) in [5.41, 5.74) is 8.56. The van der Waals surface area contributed by atoms with Crippen LogP contribution in [0.15, 0.2) is 53.4 Å².